The predicted octanol–water partition coefficient (Wildman–Crippen LogP) is 2.33. The van der Waals surface area contributed by atoms with Crippen LogP contribution in [-0.4, -0.2) is 11.9 Å². The van der Waals surface area contributed by atoms with Crippen molar-refractivity contribution in [3.8, 4) is 0 Å². The minimum Gasteiger partial charge on any atom is -0.384 e. The molecule has 80 valence electrons. The third kappa shape index (κ3) is 2.49. The molecule has 0 aromatic heterocycles. The number of nitrogen functional groups attached to an aromatic ring is 1. The van der Waals surface area contributed by atoms with Gasteiger partial charge in [-0.25, -0.2) is 0 Å². The Balaban J connectivity index is 2.00. The maximum Gasteiger partial charge on any atom is 0.122 e. The molecule has 0 saturated heterocycles. The number of hydrogen-bond donors (Lipinski definition) is 3. The second-order valence-electron chi connectivity index (χ2n) is 4.12. The van der Waals surface area contributed by atoms with Crippen LogP contribution >= 0.6 is 0 Å². The zero-order valence-corrected chi connectivity index (χ0v) is 8.79. The van der Waals surface area contributed by atoms with Crippen LogP contribution in [0.2, 0.25) is 0 Å². The summed E-state index contributed by atoms with van der Waals surface area (Å²) in [6.45, 7) is 0. The lowest BCUT2D eigenvalue weighted by molar-refractivity contribution is 0.755. The molecule has 0 heterocycles. The number of rotatable bonds is 3. The second kappa shape index (κ2) is 4.34. The Hall–Kier alpha value is -1.51. The fraction of sp³-hybridized carbons (Fsp3) is 0.417. The van der Waals surface area contributed by atoms with Gasteiger partial charge in [-0.3, -0.25) is 5.41 Å². The Morgan fingerprint density at radius 2 is 1.80 bits per heavy atom. The van der Waals surface area contributed by atoms with Gasteiger partial charge in [-0.15, -0.1) is 0 Å². The Bertz CT molecular complexity index is 336. The molecule has 1 aliphatic rings. The van der Waals surface area contributed by atoms with Gasteiger partial charge >= 0.3 is 0 Å². The second-order valence-corrected chi connectivity index (χ2v) is 4.12. The SMILES string of the molecule is N=C(N)c1ccc(NC2CCCC2)cc1. The highest BCUT2D eigenvalue weighted by Crippen LogP contribution is 2.22. The molecule has 1 aliphatic carbocycles. The minimum absolute atomic E-state index is 0.127. The van der Waals surface area contributed by atoms with Crippen LogP contribution < -0.4 is 11.1 Å². The molecular formula is C12H17N3. The van der Waals surface area contributed by atoms with Crippen LogP contribution in [0.15, 0.2) is 24.3 Å². The third-order valence-electron chi connectivity index (χ3n) is 2.92. The fourth-order valence-corrected chi connectivity index (χ4v) is 2.05. The van der Waals surface area contributed by atoms with Crippen molar-refractivity contribution < 1.29 is 0 Å². The molecule has 0 amide bonds. The fourth-order valence-electron chi connectivity index (χ4n) is 2.05. The van der Waals surface area contributed by atoms with Crippen LogP contribution in [0.4, 0.5) is 5.69 Å². The molecule has 0 radical (unpaired) electrons. The monoisotopic (exact) mass is 203 g/mol. The van der Waals surface area contributed by atoms with Gasteiger partial charge in [0, 0.05) is 17.3 Å². The largest absolute Gasteiger partial charge is 0.384 e. The molecule has 3 nitrogen and oxygen atoms in total. The lowest BCUT2D eigenvalue weighted by Crippen LogP contribution is -2.15. The predicted molar refractivity (Wildman–Crippen MR) is 63.3 cm³/mol. The van der Waals surface area contributed by atoms with Crippen molar-refractivity contribution in [2.45, 2.75) is 31.7 Å². The average Bonchev–Trinajstić information content (AvgIpc) is 2.71. The lowest BCUT2D eigenvalue weighted by Gasteiger charge is -2.13. The van der Waals surface area contributed by atoms with E-state index >= 15 is 0 Å². The summed E-state index contributed by atoms with van der Waals surface area (Å²) < 4.78 is 0. The Morgan fingerprint density at radius 3 is 2.33 bits per heavy atom. The van der Waals surface area contributed by atoms with Gasteiger partial charge in [0.05, 0.1) is 0 Å². The van der Waals surface area contributed by atoms with E-state index in [4.69, 9.17) is 11.1 Å². The van der Waals surface area contributed by atoms with Crippen LogP contribution in [0.1, 0.15) is 31.2 Å². The molecule has 1 fully saturated rings. The number of benzene rings is 1. The van der Waals surface area contributed by atoms with Gasteiger partial charge in [0.2, 0.25) is 0 Å². The highest BCUT2D eigenvalue weighted by molar-refractivity contribution is 5.95. The van der Waals surface area contributed by atoms with Gasteiger partial charge in [-0.1, -0.05) is 12.8 Å². The van der Waals surface area contributed by atoms with Crippen LogP contribution in [0, 0.1) is 5.41 Å². The van der Waals surface area contributed by atoms with E-state index in [0.29, 0.717) is 6.04 Å². The summed E-state index contributed by atoms with van der Waals surface area (Å²) >= 11 is 0. The normalized spacial score (nSPS) is 16.5. The van der Waals surface area contributed by atoms with E-state index in [1.54, 1.807) is 0 Å². The van der Waals surface area contributed by atoms with E-state index in [9.17, 15) is 0 Å². The molecule has 0 bridgehead atoms. The average molecular weight is 203 g/mol. The molecule has 1 saturated carbocycles. The van der Waals surface area contributed by atoms with E-state index in [0.717, 1.165) is 11.3 Å². The molecule has 15 heavy (non-hydrogen) atoms. The molecule has 0 spiro atoms. The zero-order valence-electron chi connectivity index (χ0n) is 8.79. The first kappa shape index (κ1) is 10.0. The maximum absolute atomic E-state index is 7.29. The van der Waals surface area contributed by atoms with Crippen molar-refractivity contribution in [1.29, 1.82) is 5.41 Å². The van der Waals surface area contributed by atoms with Crippen LogP contribution in [-0.2, 0) is 0 Å². The number of nitrogens with two attached hydrogens (primary N) is 1. The first-order valence-electron chi connectivity index (χ1n) is 5.47. The summed E-state index contributed by atoms with van der Waals surface area (Å²) in [4.78, 5) is 0. The highest BCUT2D eigenvalue weighted by atomic mass is 14.9. The first-order chi connectivity index (χ1) is 7.25. The quantitative estimate of drug-likeness (QED) is 0.521. The van der Waals surface area contributed by atoms with Crippen molar-refractivity contribution in [3.63, 3.8) is 0 Å². The summed E-state index contributed by atoms with van der Waals surface area (Å²) in [5.74, 6) is 0.127. The standard InChI is InChI=1S/C12H17N3/c13-12(14)9-5-7-11(8-6-9)15-10-3-1-2-4-10/h5-8,10,15H,1-4H2,(H3,13,14). The number of nitrogens with one attached hydrogen (secondary N) is 2. The molecule has 3 heteroatoms. The molecule has 0 atom stereocenters. The van der Waals surface area contributed by atoms with Crippen LogP contribution in [0.25, 0.3) is 0 Å². The van der Waals surface area contributed by atoms with Crippen molar-refractivity contribution in [2.24, 2.45) is 5.73 Å². The van der Waals surface area contributed by atoms with Crippen LogP contribution in [0.5, 0.6) is 0 Å². The lowest BCUT2D eigenvalue weighted by atomic mass is 10.1. The van der Waals surface area contributed by atoms with Gasteiger partial charge in [-0.05, 0) is 37.1 Å². The molecule has 1 aromatic rings. The summed E-state index contributed by atoms with van der Waals surface area (Å²) in [6, 6.07) is 8.40. The van der Waals surface area contributed by atoms with Crippen molar-refractivity contribution >= 4 is 11.5 Å². The zero-order chi connectivity index (χ0) is 10.7. The number of hydrogen-bond acceptors (Lipinski definition) is 2. The Morgan fingerprint density at radius 1 is 1.20 bits per heavy atom. The van der Waals surface area contributed by atoms with Gasteiger partial charge in [0.15, 0.2) is 0 Å². The van der Waals surface area contributed by atoms with Gasteiger partial charge in [0.1, 0.15) is 5.84 Å². The number of anilines is 1. The molecule has 1 aromatic carbocycles. The van der Waals surface area contributed by atoms with E-state index in [1.807, 2.05) is 24.3 Å². The Labute approximate surface area is 90.2 Å². The molecule has 4 N–H and O–H groups in total. The molecule has 2 rings (SSSR count). The molecule has 0 aliphatic heterocycles. The van der Waals surface area contributed by atoms with Crippen molar-refractivity contribution in [1.82, 2.24) is 0 Å². The van der Waals surface area contributed by atoms with E-state index in [1.165, 1.54) is 25.7 Å². The van der Waals surface area contributed by atoms with Crippen molar-refractivity contribution in [2.75, 3.05) is 5.32 Å². The minimum atomic E-state index is 0.127. The van der Waals surface area contributed by atoms with Gasteiger partial charge in [0.25, 0.3) is 0 Å². The summed E-state index contributed by atoms with van der Waals surface area (Å²) in [5.41, 5.74) is 7.31. The van der Waals surface area contributed by atoms with E-state index < -0.39 is 0 Å². The van der Waals surface area contributed by atoms with Gasteiger partial charge in [-0.2, -0.15) is 0 Å². The van der Waals surface area contributed by atoms with Crippen molar-refractivity contribution in [3.05, 3.63) is 29.8 Å². The molecular weight excluding hydrogens is 186 g/mol. The third-order valence-corrected chi connectivity index (χ3v) is 2.92. The smallest absolute Gasteiger partial charge is 0.122 e. The number of amidine groups is 1. The van der Waals surface area contributed by atoms with Crippen LogP contribution in [0.3, 0.4) is 0 Å². The summed E-state index contributed by atoms with van der Waals surface area (Å²) in [5, 5.41) is 10.8. The van der Waals surface area contributed by atoms with E-state index in [2.05, 4.69) is 5.32 Å². The summed E-state index contributed by atoms with van der Waals surface area (Å²) in [6.07, 6.45) is 5.22. The Kier molecular flexibility index (Phi) is 2.90. The van der Waals surface area contributed by atoms with Gasteiger partial charge < -0.3 is 11.1 Å². The topological polar surface area (TPSA) is 61.9 Å². The highest BCUT2D eigenvalue weighted by Gasteiger charge is 2.14. The summed E-state index contributed by atoms with van der Waals surface area (Å²) in [7, 11) is 0. The van der Waals surface area contributed by atoms with E-state index in [-0.39, 0.29) is 5.84 Å². The molecule has 0 unspecified atom stereocenters. The maximum atomic E-state index is 7.29. The first-order valence-corrected chi connectivity index (χ1v) is 5.47.